The zero-order valence-electron chi connectivity index (χ0n) is 31.1. The first-order valence-electron chi connectivity index (χ1n) is 19.1. The lowest BCUT2D eigenvalue weighted by Crippen LogP contribution is -2.48. The van der Waals surface area contributed by atoms with Crippen LogP contribution in [0.2, 0.25) is 0 Å². The minimum Gasteiger partial charge on any atom is -0.394 e. The van der Waals surface area contributed by atoms with Gasteiger partial charge in [-0.1, -0.05) is 105 Å². The second-order valence-electron chi connectivity index (χ2n) is 14.9. The highest BCUT2D eigenvalue weighted by molar-refractivity contribution is 6.46. The second kappa shape index (κ2) is 12.4. The van der Waals surface area contributed by atoms with Crippen LogP contribution in [-0.4, -0.2) is 46.3 Å². The molecule has 0 saturated carbocycles. The summed E-state index contributed by atoms with van der Waals surface area (Å²) in [5.41, 5.74) is 7.41. The number of carbonyl (C=O) groups excluding carboxylic acids is 4. The maximum Gasteiger partial charge on any atom is 0.266 e. The van der Waals surface area contributed by atoms with Gasteiger partial charge in [0.05, 0.1) is 18.3 Å². The zero-order chi connectivity index (χ0) is 38.6. The molecule has 1 N–H and O–H groups in total. The second-order valence-corrected chi connectivity index (χ2v) is 14.9. The topological polar surface area (TPSA) is 95.0 Å². The van der Waals surface area contributed by atoms with E-state index < -0.39 is 17.9 Å². The van der Waals surface area contributed by atoms with Gasteiger partial charge in [0.2, 0.25) is 0 Å². The van der Waals surface area contributed by atoms with Gasteiger partial charge in [-0.15, -0.1) is 0 Å². The number of amides is 4. The molecule has 2 aliphatic rings. The van der Waals surface area contributed by atoms with Crippen LogP contribution in [0.5, 0.6) is 0 Å². The quantitative estimate of drug-likeness (QED) is 0.100. The number of carbonyl (C=O) groups is 4. The Balaban J connectivity index is 1.41. The van der Waals surface area contributed by atoms with Crippen LogP contribution < -0.4 is 4.90 Å². The SMILES string of the molecule is CCc1cccc(C)c1N1C(=O)c2ccc3c4c(-c5ccccc5)cc5c6c(ccc(c7c(-c8ccccc8)cc(c2c37)C1=O)c64)C(=O)N(C(CC)CO)C5=O. The highest BCUT2D eigenvalue weighted by atomic mass is 16.3. The van der Waals surface area contributed by atoms with E-state index in [1.165, 1.54) is 9.80 Å². The van der Waals surface area contributed by atoms with Gasteiger partial charge >= 0.3 is 0 Å². The Bertz CT molecular complexity index is 3020. The molecule has 2 aliphatic heterocycles. The number of imide groups is 2. The molecule has 56 heavy (non-hydrogen) atoms. The van der Waals surface area contributed by atoms with Gasteiger partial charge in [0, 0.05) is 33.0 Å². The number of anilines is 1. The summed E-state index contributed by atoms with van der Waals surface area (Å²) in [4.78, 5) is 61.3. The van der Waals surface area contributed by atoms with Crippen LogP contribution in [0, 0.1) is 6.92 Å². The predicted octanol–water partition coefficient (Wildman–Crippen LogP) is 10.1. The molecule has 0 aliphatic carbocycles. The van der Waals surface area contributed by atoms with E-state index in [0.29, 0.717) is 51.6 Å². The number of para-hydroxylation sites is 1. The monoisotopic (exact) mass is 732 g/mol. The smallest absolute Gasteiger partial charge is 0.266 e. The lowest BCUT2D eigenvalue weighted by atomic mass is 9.77. The van der Waals surface area contributed by atoms with Crippen LogP contribution >= 0.6 is 0 Å². The molecule has 272 valence electrons. The largest absolute Gasteiger partial charge is 0.394 e. The van der Waals surface area contributed by atoms with Gasteiger partial charge in [-0.05, 0) is 110 Å². The van der Waals surface area contributed by atoms with Crippen molar-refractivity contribution in [2.24, 2.45) is 0 Å². The third-order valence-corrected chi connectivity index (χ3v) is 12.0. The molecule has 0 spiro atoms. The summed E-state index contributed by atoms with van der Waals surface area (Å²) >= 11 is 0. The van der Waals surface area contributed by atoms with Gasteiger partial charge in [0.25, 0.3) is 23.6 Å². The Morgan fingerprint density at radius 2 is 1.02 bits per heavy atom. The molecular formula is C49H36N2O5. The minimum absolute atomic E-state index is 0.340. The van der Waals surface area contributed by atoms with E-state index in [4.69, 9.17) is 0 Å². The van der Waals surface area contributed by atoms with Crippen molar-refractivity contribution in [1.82, 2.24) is 4.90 Å². The van der Waals surface area contributed by atoms with Crippen LogP contribution in [0.3, 0.4) is 0 Å². The van der Waals surface area contributed by atoms with Gasteiger partial charge in [-0.3, -0.25) is 24.1 Å². The molecule has 8 aromatic rings. The lowest BCUT2D eigenvalue weighted by molar-refractivity contribution is 0.0465. The van der Waals surface area contributed by atoms with E-state index >= 15 is 4.79 Å². The summed E-state index contributed by atoms with van der Waals surface area (Å²) in [6.07, 6.45) is 1.06. The zero-order valence-corrected chi connectivity index (χ0v) is 31.1. The highest BCUT2D eigenvalue weighted by Crippen LogP contribution is 2.52. The highest BCUT2D eigenvalue weighted by Gasteiger charge is 2.41. The summed E-state index contributed by atoms with van der Waals surface area (Å²) < 4.78 is 0. The Hall–Kier alpha value is -6.70. The van der Waals surface area contributed by atoms with Gasteiger partial charge < -0.3 is 5.11 Å². The summed E-state index contributed by atoms with van der Waals surface area (Å²) in [5.74, 6) is -1.63. The number of fused-ring (bicyclic) bond motifs is 2. The predicted molar refractivity (Wildman–Crippen MR) is 222 cm³/mol. The summed E-state index contributed by atoms with van der Waals surface area (Å²) in [5, 5.41) is 16.3. The average molecular weight is 733 g/mol. The van der Waals surface area contributed by atoms with Crippen molar-refractivity contribution in [3.05, 3.63) is 149 Å². The summed E-state index contributed by atoms with van der Waals surface area (Å²) in [6.45, 7) is 5.47. The van der Waals surface area contributed by atoms with Crippen molar-refractivity contribution < 1.29 is 24.3 Å². The van der Waals surface area contributed by atoms with Crippen LogP contribution in [0.1, 0.15) is 72.8 Å². The van der Waals surface area contributed by atoms with Crippen LogP contribution in [-0.2, 0) is 6.42 Å². The van der Waals surface area contributed by atoms with Crippen molar-refractivity contribution >= 4 is 72.4 Å². The maximum absolute atomic E-state index is 15.0. The fraction of sp³-hybridized carbons (Fsp3) is 0.143. The number of aliphatic hydroxyl groups excluding tert-OH is 1. The van der Waals surface area contributed by atoms with Gasteiger partial charge in [0.15, 0.2) is 0 Å². The molecule has 0 saturated heterocycles. The third kappa shape index (κ3) is 4.43. The molecule has 0 aromatic heterocycles. The molecule has 10 rings (SSSR count). The summed E-state index contributed by atoms with van der Waals surface area (Å²) in [6, 6.07) is 36.3. The van der Waals surface area contributed by atoms with Gasteiger partial charge in [0.1, 0.15) is 0 Å². The first-order valence-corrected chi connectivity index (χ1v) is 19.1. The minimum atomic E-state index is -0.671. The molecule has 0 fully saturated rings. The first kappa shape index (κ1) is 33.8. The first-order chi connectivity index (χ1) is 27.3. The van der Waals surface area contributed by atoms with E-state index in [-0.39, 0.29) is 18.4 Å². The summed E-state index contributed by atoms with van der Waals surface area (Å²) in [7, 11) is 0. The Morgan fingerprint density at radius 1 is 0.518 bits per heavy atom. The molecule has 1 unspecified atom stereocenters. The van der Waals surface area contributed by atoms with Crippen molar-refractivity contribution in [3.8, 4) is 22.3 Å². The van der Waals surface area contributed by atoms with Crippen molar-refractivity contribution in [2.75, 3.05) is 11.5 Å². The number of nitrogens with zero attached hydrogens (tertiary/aromatic N) is 2. The average Bonchev–Trinajstić information content (AvgIpc) is 3.23. The molecule has 1 atom stereocenters. The van der Waals surface area contributed by atoms with Gasteiger partial charge in [-0.25, -0.2) is 4.90 Å². The normalized spacial score (nSPS) is 14.6. The van der Waals surface area contributed by atoms with E-state index in [2.05, 4.69) is 0 Å². The molecule has 2 heterocycles. The fourth-order valence-corrected chi connectivity index (χ4v) is 9.43. The number of hydrogen-bond donors (Lipinski definition) is 1. The van der Waals surface area contributed by atoms with E-state index in [9.17, 15) is 19.5 Å². The van der Waals surface area contributed by atoms with E-state index in [1.807, 2.05) is 130 Å². The molecule has 0 bridgehead atoms. The number of aliphatic hydroxyl groups is 1. The number of rotatable bonds is 7. The van der Waals surface area contributed by atoms with Crippen LogP contribution in [0.4, 0.5) is 5.69 Å². The van der Waals surface area contributed by atoms with Crippen molar-refractivity contribution in [2.45, 2.75) is 39.7 Å². The van der Waals surface area contributed by atoms with Gasteiger partial charge in [-0.2, -0.15) is 0 Å². The number of benzene rings is 8. The van der Waals surface area contributed by atoms with E-state index in [1.54, 1.807) is 6.07 Å². The molecular weight excluding hydrogens is 697 g/mol. The molecule has 0 radical (unpaired) electrons. The van der Waals surface area contributed by atoms with E-state index in [0.717, 1.165) is 65.7 Å². The van der Waals surface area contributed by atoms with Crippen molar-refractivity contribution in [3.63, 3.8) is 0 Å². The standard InChI is InChI=1S/C49H36N2O5/c1-4-27-18-12-13-26(3)45(27)51-47(54)34-22-20-32-39-35(28-14-8-6-9-15-28)23-37-41-33(46(53)50(48(37)55)30(5-2)25-52)21-19-31(43(39)41)40-36(29-16-10-7-11-17-29)24-38(49(51)56)42(34)44(32)40/h6-24,30,52H,4-5,25H2,1-3H3. The Kier molecular flexibility index (Phi) is 7.50. The molecule has 4 amide bonds. The fourth-order valence-electron chi connectivity index (χ4n) is 9.43. The third-order valence-electron chi connectivity index (χ3n) is 12.0. The van der Waals surface area contributed by atoms with Crippen LogP contribution in [0.25, 0.3) is 65.3 Å². The number of aryl methyl sites for hydroxylation is 2. The Labute approximate surface area is 322 Å². The maximum atomic E-state index is 15.0. The Morgan fingerprint density at radius 3 is 1.54 bits per heavy atom. The van der Waals surface area contributed by atoms with Crippen LogP contribution in [0.15, 0.2) is 115 Å². The van der Waals surface area contributed by atoms with Crippen molar-refractivity contribution in [1.29, 1.82) is 0 Å². The molecule has 7 heteroatoms. The lowest BCUT2D eigenvalue weighted by Gasteiger charge is -2.34. The molecule has 8 aromatic carbocycles. The molecule has 7 nitrogen and oxygen atoms in total. The number of hydrogen-bond acceptors (Lipinski definition) is 5.